The smallest absolute Gasteiger partial charge is 0.145 e. The third kappa shape index (κ3) is 1.81. The van der Waals surface area contributed by atoms with Gasteiger partial charge in [0.2, 0.25) is 0 Å². The second-order valence-corrected chi connectivity index (χ2v) is 2.61. The van der Waals surface area contributed by atoms with Gasteiger partial charge in [-0.1, -0.05) is 0 Å². The first kappa shape index (κ1) is 8.71. The summed E-state index contributed by atoms with van der Waals surface area (Å²) in [6.45, 7) is 4.69. The van der Waals surface area contributed by atoms with E-state index in [1.54, 1.807) is 19.4 Å². The summed E-state index contributed by atoms with van der Waals surface area (Å²) in [5.74, 6) is 0. The number of carbonyl (C=O) groups is 1. The Morgan fingerprint density at radius 3 is 3.08 bits per heavy atom. The number of carbonyl (C=O) groups excluding carboxylic acids is 1. The summed E-state index contributed by atoms with van der Waals surface area (Å²) in [4.78, 5) is 14.3. The highest BCUT2D eigenvalue weighted by Crippen LogP contribution is 2.04. The third-order valence-corrected chi connectivity index (χ3v) is 1.65. The van der Waals surface area contributed by atoms with Crippen LogP contribution in [0.2, 0.25) is 0 Å². The second-order valence-electron chi connectivity index (χ2n) is 2.61. The standard InChI is InChI=1S/C9H12N2O/c1-3-11-7-10-5-9(11)4-8(2)6-12/h4-7H,3H2,1-2H3. The summed E-state index contributed by atoms with van der Waals surface area (Å²) in [6, 6.07) is 0. The molecule has 0 aliphatic rings. The first-order chi connectivity index (χ1) is 5.77. The minimum Gasteiger partial charge on any atom is -0.331 e. The van der Waals surface area contributed by atoms with Crippen LogP contribution in [-0.2, 0) is 11.3 Å². The molecular weight excluding hydrogens is 152 g/mol. The van der Waals surface area contributed by atoms with Crippen LogP contribution in [0.4, 0.5) is 0 Å². The van der Waals surface area contributed by atoms with Crippen molar-refractivity contribution in [1.29, 1.82) is 0 Å². The zero-order valence-electron chi connectivity index (χ0n) is 7.32. The molecule has 1 aromatic heterocycles. The van der Waals surface area contributed by atoms with E-state index in [-0.39, 0.29) is 0 Å². The van der Waals surface area contributed by atoms with Gasteiger partial charge in [0.1, 0.15) is 6.29 Å². The van der Waals surface area contributed by atoms with Crippen molar-refractivity contribution in [2.24, 2.45) is 0 Å². The Morgan fingerprint density at radius 1 is 1.75 bits per heavy atom. The van der Waals surface area contributed by atoms with E-state index in [1.807, 2.05) is 17.6 Å². The topological polar surface area (TPSA) is 34.9 Å². The van der Waals surface area contributed by atoms with Crippen LogP contribution in [0.15, 0.2) is 18.1 Å². The number of hydrogen-bond donors (Lipinski definition) is 0. The highest BCUT2D eigenvalue weighted by molar-refractivity contribution is 5.80. The van der Waals surface area contributed by atoms with Crippen molar-refractivity contribution < 1.29 is 4.79 Å². The molecule has 12 heavy (non-hydrogen) atoms. The summed E-state index contributed by atoms with van der Waals surface area (Å²) < 4.78 is 1.98. The first-order valence-electron chi connectivity index (χ1n) is 3.91. The molecule has 0 saturated heterocycles. The zero-order valence-corrected chi connectivity index (χ0v) is 7.32. The van der Waals surface area contributed by atoms with Gasteiger partial charge in [0, 0.05) is 6.54 Å². The van der Waals surface area contributed by atoms with E-state index in [1.165, 1.54) is 0 Å². The number of rotatable bonds is 3. The molecule has 0 aliphatic heterocycles. The van der Waals surface area contributed by atoms with Gasteiger partial charge in [-0.3, -0.25) is 4.79 Å². The van der Waals surface area contributed by atoms with Crippen LogP contribution in [0, 0.1) is 0 Å². The Hall–Kier alpha value is -1.38. The predicted octanol–water partition coefficient (Wildman–Crippen LogP) is 1.51. The minimum atomic E-state index is 0.713. The molecular formula is C9H12N2O. The Kier molecular flexibility index (Phi) is 2.80. The fraction of sp³-hybridized carbons (Fsp3) is 0.333. The molecule has 0 saturated carbocycles. The van der Waals surface area contributed by atoms with E-state index in [2.05, 4.69) is 4.98 Å². The summed E-state index contributed by atoms with van der Waals surface area (Å²) >= 11 is 0. The highest BCUT2D eigenvalue weighted by Gasteiger charge is 1.95. The number of aromatic nitrogens is 2. The first-order valence-corrected chi connectivity index (χ1v) is 3.91. The molecule has 3 heteroatoms. The van der Waals surface area contributed by atoms with E-state index in [4.69, 9.17) is 0 Å². The van der Waals surface area contributed by atoms with Crippen LogP contribution in [0.25, 0.3) is 6.08 Å². The lowest BCUT2D eigenvalue weighted by Gasteiger charge is -1.98. The molecule has 0 spiro atoms. The molecule has 0 fully saturated rings. The monoisotopic (exact) mass is 164 g/mol. The van der Waals surface area contributed by atoms with E-state index >= 15 is 0 Å². The Bertz CT molecular complexity index is 299. The molecule has 0 aliphatic carbocycles. The third-order valence-electron chi connectivity index (χ3n) is 1.65. The van der Waals surface area contributed by atoms with Crippen molar-refractivity contribution >= 4 is 12.4 Å². The van der Waals surface area contributed by atoms with Crippen LogP contribution in [0.5, 0.6) is 0 Å². The normalized spacial score (nSPS) is 11.7. The van der Waals surface area contributed by atoms with Gasteiger partial charge < -0.3 is 4.57 Å². The van der Waals surface area contributed by atoms with Gasteiger partial charge in [-0.15, -0.1) is 0 Å². The fourth-order valence-electron chi connectivity index (χ4n) is 0.983. The van der Waals surface area contributed by atoms with Gasteiger partial charge in [-0.05, 0) is 25.5 Å². The lowest BCUT2D eigenvalue weighted by Crippen LogP contribution is -1.94. The van der Waals surface area contributed by atoms with Gasteiger partial charge in [0.05, 0.1) is 18.2 Å². The molecule has 1 aromatic rings. The number of nitrogens with zero attached hydrogens (tertiary/aromatic N) is 2. The summed E-state index contributed by atoms with van der Waals surface area (Å²) in [7, 11) is 0. The molecule has 0 N–H and O–H groups in total. The van der Waals surface area contributed by atoms with Crippen molar-refractivity contribution in [3.8, 4) is 0 Å². The lowest BCUT2D eigenvalue weighted by atomic mass is 10.3. The van der Waals surface area contributed by atoms with Crippen molar-refractivity contribution in [3.05, 3.63) is 23.8 Å². The molecule has 0 amide bonds. The Balaban J connectivity index is 2.94. The summed E-state index contributed by atoms with van der Waals surface area (Å²) in [5, 5.41) is 0. The fourth-order valence-corrected chi connectivity index (χ4v) is 0.983. The molecule has 64 valence electrons. The maximum Gasteiger partial charge on any atom is 0.145 e. The molecule has 1 heterocycles. The van der Waals surface area contributed by atoms with Crippen molar-refractivity contribution in [3.63, 3.8) is 0 Å². The van der Waals surface area contributed by atoms with Gasteiger partial charge in [-0.25, -0.2) is 4.98 Å². The van der Waals surface area contributed by atoms with Gasteiger partial charge >= 0.3 is 0 Å². The number of aryl methyl sites for hydroxylation is 1. The SMILES string of the molecule is CCn1cncc1C=C(C)C=O. The van der Waals surface area contributed by atoms with Crippen molar-refractivity contribution in [2.45, 2.75) is 20.4 Å². The van der Waals surface area contributed by atoms with Gasteiger partial charge in [0.15, 0.2) is 0 Å². The average Bonchev–Trinajstić information content (AvgIpc) is 2.51. The largest absolute Gasteiger partial charge is 0.331 e. The molecule has 0 unspecified atom stereocenters. The van der Waals surface area contributed by atoms with E-state index in [9.17, 15) is 4.79 Å². The Morgan fingerprint density at radius 2 is 2.50 bits per heavy atom. The number of aldehydes is 1. The summed E-state index contributed by atoms with van der Waals surface area (Å²) in [5.41, 5.74) is 1.69. The van der Waals surface area contributed by atoms with Gasteiger partial charge in [-0.2, -0.15) is 0 Å². The second kappa shape index (κ2) is 3.85. The predicted molar refractivity (Wildman–Crippen MR) is 47.6 cm³/mol. The van der Waals surface area contributed by atoms with Gasteiger partial charge in [0.25, 0.3) is 0 Å². The van der Waals surface area contributed by atoms with E-state index < -0.39 is 0 Å². The minimum absolute atomic E-state index is 0.713. The molecule has 1 rings (SSSR count). The average molecular weight is 164 g/mol. The number of imidazole rings is 1. The number of hydrogen-bond acceptors (Lipinski definition) is 2. The van der Waals surface area contributed by atoms with Crippen LogP contribution < -0.4 is 0 Å². The maximum atomic E-state index is 10.3. The highest BCUT2D eigenvalue weighted by atomic mass is 16.1. The quantitative estimate of drug-likeness (QED) is 0.501. The van der Waals surface area contributed by atoms with Crippen molar-refractivity contribution in [1.82, 2.24) is 9.55 Å². The van der Waals surface area contributed by atoms with Crippen LogP contribution in [0.3, 0.4) is 0 Å². The Labute approximate surface area is 71.7 Å². The zero-order chi connectivity index (χ0) is 8.97. The van der Waals surface area contributed by atoms with Crippen LogP contribution in [0.1, 0.15) is 19.5 Å². The van der Waals surface area contributed by atoms with Crippen molar-refractivity contribution in [2.75, 3.05) is 0 Å². The molecule has 3 nitrogen and oxygen atoms in total. The molecule has 0 bridgehead atoms. The van der Waals surface area contributed by atoms with E-state index in [0.29, 0.717) is 5.57 Å². The molecule has 0 aromatic carbocycles. The summed E-state index contributed by atoms with van der Waals surface area (Å²) in [6.07, 6.45) is 6.16. The number of allylic oxidation sites excluding steroid dienone is 1. The van der Waals surface area contributed by atoms with Crippen LogP contribution in [-0.4, -0.2) is 15.8 Å². The maximum absolute atomic E-state index is 10.3. The molecule has 0 radical (unpaired) electrons. The van der Waals surface area contributed by atoms with E-state index in [0.717, 1.165) is 18.5 Å². The van der Waals surface area contributed by atoms with Crippen LogP contribution >= 0.6 is 0 Å². The lowest BCUT2D eigenvalue weighted by molar-refractivity contribution is -0.104. The molecule has 0 atom stereocenters.